The lowest BCUT2D eigenvalue weighted by Crippen LogP contribution is -2.35. The molecule has 1 unspecified atom stereocenters. The number of rotatable bonds is 2. The number of ether oxygens (including phenoxy) is 2. The van der Waals surface area contributed by atoms with Crippen LogP contribution < -0.4 is 5.56 Å². The molecule has 0 N–H and O–H groups in total. The number of halogens is 1. The van der Waals surface area contributed by atoms with Gasteiger partial charge >= 0.3 is 0 Å². The number of nitrogens with zero attached hydrogens (tertiary/aromatic N) is 2. The Bertz CT molecular complexity index is 650. The van der Waals surface area contributed by atoms with Crippen molar-refractivity contribution in [2.75, 3.05) is 19.8 Å². The first-order chi connectivity index (χ1) is 9.24. The molecule has 0 radical (unpaired) electrons. The molecule has 1 aliphatic rings. The molecule has 1 atom stereocenters. The van der Waals surface area contributed by atoms with Crippen LogP contribution in [0.1, 0.15) is 0 Å². The van der Waals surface area contributed by atoms with E-state index in [1.54, 1.807) is 0 Å². The summed E-state index contributed by atoms with van der Waals surface area (Å²) in [6.45, 7) is 1.97. The van der Waals surface area contributed by atoms with Gasteiger partial charge in [0.15, 0.2) is 0 Å². The van der Waals surface area contributed by atoms with E-state index in [0.717, 1.165) is 0 Å². The van der Waals surface area contributed by atoms with Crippen molar-refractivity contribution in [2.24, 2.45) is 0 Å². The molecule has 1 aliphatic heterocycles. The highest BCUT2D eigenvalue weighted by molar-refractivity contribution is 5.77. The zero-order chi connectivity index (χ0) is 13.2. The van der Waals surface area contributed by atoms with E-state index >= 15 is 0 Å². The van der Waals surface area contributed by atoms with Gasteiger partial charge in [-0.2, -0.15) is 0 Å². The molecule has 2 heterocycles. The normalized spacial score (nSPS) is 19.7. The molecule has 2 aromatic rings. The number of hydrogen-bond donors (Lipinski definition) is 0. The van der Waals surface area contributed by atoms with Gasteiger partial charge in [-0.15, -0.1) is 0 Å². The van der Waals surface area contributed by atoms with Crippen molar-refractivity contribution >= 4 is 10.9 Å². The van der Waals surface area contributed by atoms with Gasteiger partial charge in [0.1, 0.15) is 5.82 Å². The fraction of sp³-hybridized carbons (Fsp3) is 0.385. The Hall–Kier alpha value is -1.79. The summed E-state index contributed by atoms with van der Waals surface area (Å²) in [7, 11) is 0. The van der Waals surface area contributed by atoms with Crippen LogP contribution in [0, 0.1) is 5.82 Å². The Morgan fingerprint density at radius 2 is 2.32 bits per heavy atom. The van der Waals surface area contributed by atoms with Crippen molar-refractivity contribution in [3.05, 3.63) is 40.7 Å². The lowest BCUT2D eigenvalue weighted by Gasteiger charge is -2.23. The highest BCUT2D eigenvalue weighted by Gasteiger charge is 2.16. The molecule has 1 saturated heterocycles. The third kappa shape index (κ3) is 2.50. The van der Waals surface area contributed by atoms with E-state index in [0.29, 0.717) is 37.3 Å². The molecule has 5 nitrogen and oxygen atoms in total. The summed E-state index contributed by atoms with van der Waals surface area (Å²) in [6.07, 6.45) is 1.27. The fourth-order valence-electron chi connectivity index (χ4n) is 2.12. The van der Waals surface area contributed by atoms with Gasteiger partial charge in [0, 0.05) is 6.07 Å². The van der Waals surface area contributed by atoms with Crippen LogP contribution in [0.5, 0.6) is 0 Å². The zero-order valence-corrected chi connectivity index (χ0v) is 10.2. The highest BCUT2D eigenvalue weighted by Crippen LogP contribution is 2.09. The Labute approximate surface area is 108 Å². The van der Waals surface area contributed by atoms with Crippen molar-refractivity contribution in [1.29, 1.82) is 0 Å². The zero-order valence-electron chi connectivity index (χ0n) is 10.2. The molecule has 6 heteroatoms. The average Bonchev–Trinajstić information content (AvgIpc) is 2.43. The maximum absolute atomic E-state index is 13.1. The van der Waals surface area contributed by atoms with Crippen LogP contribution in [-0.4, -0.2) is 35.5 Å². The van der Waals surface area contributed by atoms with E-state index in [2.05, 4.69) is 4.98 Å². The fourth-order valence-corrected chi connectivity index (χ4v) is 2.12. The van der Waals surface area contributed by atoms with Gasteiger partial charge < -0.3 is 9.47 Å². The van der Waals surface area contributed by atoms with Crippen LogP contribution in [0.2, 0.25) is 0 Å². The number of fused-ring (bicyclic) bond motifs is 1. The van der Waals surface area contributed by atoms with E-state index in [4.69, 9.17) is 9.47 Å². The smallest absolute Gasteiger partial charge is 0.261 e. The molecule has 1 aromatic carbocycles. The minimum absolute atomic E-state index is 0.147. The highest BCUT2D eigenvalue weighted by atomic mass is 19.1. The Kier molecular flexibility index (Phi) is 3.27. The summed E-state index contributed by atoms with van der Waals surface area (Å²) in [4.78, 5) is 16.3. The van der Waals surface area contributed by atoms with E-state index in [1.807, 2.05) is 0 Å². The van der Waals surface area contributed by atoms with Crippen molar-refractivity contribution in [1.82, 2.24) is 9.55 Å². The van der Waals surface area contributed by atoms with Crippen molar-refractivity contribution in [3.8, 4) is 0 Å². The lowest BCUT2D eigenvalue weighted by molar-refractivity contribution is -0.0939. The summed E-state index contributed by atoms with van der Waals surface area (Å²) >= 11 is 0. The minimum Gasteiger partial charge on any atom is -0.376 e. The molecule has 0 bridgehead atoms. The van der Waals surface area contributed by atoms with Gasteiger partial charge in [0.05, 0.1) is 49.7 Å². The first kappa shape index (κ1) is 12.3. The predicted octanol–water partition coefficient (Wildman–Crippen LogP) is 0.951. The Morgan fingerprint density at radius 1 is 1.42 bits per heavy atom. The Morgan fingerprint density at radius 3 is 3.11 bits per heavy atom. The quantitative estimate of drug-likeness (QED) is 0.810. The third-order valence-corrected chi connectivity index (χ3v) is 3.07. The molecule has 0 spiro atoms. The van der Waals surface area contributed by atoms with Crippen LogP contribution in [0.3, 0.4) is 0 Å². The van der Waals surface area contributed by atoms with Crippen molar-refractivity contribution in [2.45, 2.75) is 12.6 Å². The van der Waals surface area contributed by atoms with Gasteiger partial charge in [0.2, 0.25) is 0 Å². The summed E-state index contributed by atoms with van der Waals surface area (Å²) in [5.74, 6) is -0.402. The molecule has 1 aromatic heterocycles. The second-order valence-corrected chi connectivity index (χ2v) is 4.43. The number of hydrogen-bond acceptors (Lipinski definition) is 4. The molecule has 0 aliphatic carbocycles. The first-order valence-corrected chi connectivity index (χ1v) is 6.08. The lowest BCUT2D eigenvalue weighted by atomic mass is 10.2. The largest absolute Gasteiger partial charge is 0.376 e. The summed E-state index contributed by atoms with van der Waals surface area (Å²) < 4.78 is 25.3. The molecule has 19 heavy (non-hydrogen) atoms. The molecular weight excluding hydrogens is 251 g/mol. The van der Waals surface area contributed by atoms with Crippen LogP contribution in [0.25, 0.3) is 10.9 Å². The van der Waals surface area contributed by atoms with Gasteiger partial charge in [0.25, 0.3) is 5.56 Å². The monoisotopic (exact) mass is 264 g/mol. The van der Waals surface area contributed by atoms with Crippen LogP contribution in [-0.2, 0) is 16.0 Å². The van der Waals surface area contributed by atoms with Crippen molar-refractivity contribution in [3.63, 3.8) is 0 Å². The summed E-state index contributed by atoms with van der Waals surface area (Å²) in [6, 6.07) is 3.96. The van der Waals surface area contributed by atoms with Crippen molar-refractivity contribution < 1.29 is 13.9 Å². The topological polar surface area (TPSA) is 53.4 Å². The second kappa shape index (κ2) is 5.07. The molecule has 100 valence electrons. The molecule has 0 saturated carbocycles. The van der Waals surface area contributed by atoms with Crippen LogP contribution >= 0.6 is 0 Å². The standard InChI is InChI=1S/C13H13FN2O3/c14-9-1-2-11-12(5-9)15-8-16(13(11)17)6-10-7-18-3-4-19-10/h1-2,5,8,10H,3-4,6-7H2. The van der Waals surface area contributed by atoms with Gasteiger partial charge in [-0.25, -0.2) is 9.37 Å². The van der Waals surface area contributed by atoms with E-state index in [1.165, 1.54) is 29.1 Å². The maximum atomic E-state index is 13.1. The van der Waals surface area contributed by atoms with E-state index < -0.39 is 5.82 Å². The van der Waals surface area contributed by atoms with Gasteiger partial charge in [-0.3, -0.25) is 9.36 Å². The molecule has 1 fully saturated rings. The summed E-state index contributed by atoms with van der Waals surface area (Å²) in [5, 5.41) is 0.403. The van der Waals surface area contributed by atoms with Crippen LogP contribution in [0.15, 0.2) is 29.3 Å². The molecule has 0 amide bonds. The average molecular weight is 264 g/mol. The van der Waals surface area contributed by atoms with E-state index in [-0.39, 0.29) is 11.7 Å². The summed E-state index contributed by atoms with van der Waals surface area (Å²) in [5.41, 5.74) is 0.168. The Balaban J connectivity index is 1.93. The number of benzene rings is 1. The van der Waals surface area contributed by atoms with Gasteiger partial charge in [-0.05, 0) is 12.1 Å². The molecular formula is C13H13FN2O3. The maximum Gasteiger partial charge on any atom is 0.261 e. The predicted molar refractivity (Wildman–Crippen MR) is 66.5 cm³/mol. The minimum atomic E-state index is -0.402. The first-order valence-electron chi connectivity index (χ1n) is 6.08. The number of aromatic nitrogens is 2. The van der Waals surface area contributed by atoms with Crippen LogP contribution in [0.4, 0.5) is 4.39 Å². The van der Waals surface area contributed by atoms with E-state index in [9.17, 15) is 9.18 Å². The third-order valence-electron chi connectivity index (χ3n) is 3.07. The second-order valence-electron chi connectivity index (χ2n) is 4.43. The SMILES string of the molecule is O=c1c2ccc(F)cc2ncn1CC1COCCO1. The molecule has 3 rings (SSSR count). The van der Waals surface area contributed by atoms with Gasteiger partial charge in [-0.1, -0.05) is 0 Å².